The van der Waals surface area contributed by atoms with Crippen molar-refractivity contribution in [3.63, 3.8) is 0 Å². The molecule has 0 aromatic carbocycles. The molecule has 0 spiro atoms. The minimum atomic E-state index is 0.282. The van der Waals surface area contributed by atoms with E-state index in [4.69, 9.17) is 10.5 Å². The maximum Gasteiger partial charge on any atom is 0.0989 e. The SMILES string of the molecule is CCCC(N)C1O[C@H]1C. The predicted molar refractivity (Wildman–Crippen MR) is 37.2 cm³/mol. The van der Waals surface area contributed by atoms with Crippen molar-refractivity contribution in [2.24, 2.45) is 5.73 Å². The van der Waals surface area contributed by atoms with E-state index < -0.39 is 0 Å². The van der Waals surface area contributed by atoms with Crippen LogP contribution < -0.4 is 5.73 Å². The Morgan fingerprint density at radius 3 is 2.56 bits per heavy atom. The second kappa shape index (κ2) is 2.67. The zero-order chi connectivity index (χ0) is 6.85. The van der Waals surface area contributed by atoms with Gasteiger partial charge in [-0.2, -0.15) is 0 Å². The Balaban J connectivity index is 2.11. The van der Waals surface area contributed by atoms with Crippen LogP contribution in [-0.4, -0.2) is 18.2 Å². The molecule has 1 aliphatic heterocycles. The molecular formula is C7H15NO. The topological polar surface area (TPSA) is 38.5 Å². The van der Waals surface area contributed by atoms with Gasteiger partial charge < -0.3 is 10.5 Å². The van der Waals surface area contributed by atoms with E-state index >= 15 is 0 Å². The lowest BCUT2D eigenvalue weighted by atomic mass is 10.1. The average molecular weight is 129 g/mol. The molecule has 3 atom stereocenters. The number of rotatable bonds is 3. The Morgan fingerprint density at radius 1 is 1.67 bits per heavy atom. The first-order valence-electron chi connectivity index (χ1n) is 3.66. The molecule has 0 amide bonds. The van der Waals surface area contributed by atoms with Crippen LogP contribution in [0.5, 0.6) is 0 Å². The van der Waals surface area contributed by atoms with Crippen molar-refractivity contribution < 1.29 is 4.74 Å². The number of hydrogen-bond donors (Lipinski definition) is 1. The van der Waals surface area contributed by atoms with Crippen LogP contribution in [0, 0.1) is 0 Å². The van der Waals surface area contributed by atoms with Gasteiger partial charge >= 0.3 is 0 Å². The van der Waals surface area contributed by atoms with Gasteiger partial charge in [0.05, 0.1) is 12.2 Å². The first kappa shape index (κ1) is 7.03. The highest BCUT2D eigenvalue weighted by atomic mass is 16.6. The highest BCUT2D eigenvalue weighted by molar-refractivity contribution is 4.89. The summed E-state index contributed by atoms with van der Waals surface area (Å²) in [6.45, 7) is 4.22. The monoisotopic (exact) mass is 129 g/mol. The molecule has 0 bridgehead atoms. The normalized spacial score (nSPS) is 36.3. The van der Waals surface area contributed by atoms with Gasteiger partial charge in [-0.25, -0.2) is 0 Å². The molecule has 1 heterocycles. The number of ether oxygens (including phenoxy) is 1. The molecule has 1 rings (SSSR count). The summed E-state index contributed by atoms with van der Waals surface area (Å²) in [6.07, 6.45) is 3.04. The van der Waals surface area contributed by atoms with E-state index in [9.17, 15) is 0 Å². The molecule has 0 aliphatic carbocycles. The molecular weight excluding hydrogens is 114 g/mol. The smallest absolute Gasteiger partial charge is 0.0989 e. The Morgan fingerprint density at radius 2 is 2.22 bits per heavy atom. The van der Waals surface area contributed by atoms with Crippen molar-refractivity contribution in [2.45, 2.75) is 44.9 Å². The molecule has 1 fully saturated rings. The molecule has 2 nitrogen and oxygen atoms in total. The summed E-state index contributed by atoms with van der Waals surface area (Å²) < 4.78 is 5.21. The molecule has 9 heavy (non-hydrogen) atoms. The second-order valence-electron chi connectivity index (χ2n) is 2.76. The van der Waals surface area contributed by atoms with E-state index in [1.807, 2.05) is 0 Å². The van der Waals surface area contributed by atoms with Gasteiger partial charge in [0.1, 0.15) is 0 Å². The zero-order valence-corrected chi connectivity index (χ0v) is 6.13. The third kappa shape index (κ3) is 1.66. The summed E-state index contributed by atoms with van der Waals surface area (Å²) in [5, 5.41) is 0. The first-order valence-corrected chi connectivity index (χ1v) is 3.66. The third-order valence-electron chi connectivity index (χ3n) is 1.80. The molecule has 2 heteroatoms. The van der Waals surface area contributed by atoms with Gasteiger partial charge in [-0.05, 0) is 13.3 Å². The molecule has 1 aliphatic rings. The van der Waals surface area contributed by atoms with Crippen LogP contribution in [0.4, 0.5) is 0 Å². The van der Waals surface area contributed by atoms with Crippen LogP contribution in [0.15, 0.2) is 0 Å². The summed E-state index contributed by atoms with van der Waals surface area (Å²) in [5.74, 6) is 0. The van der Waals surface area contributed by atoms with E-state index in [-0.39, 0.29) is 6.04 Å². The molecule has 0 saturated carbocycles. The van der Waals surface area contributed by atoms with Crippen LogP contribution in [0.2, 0.25) is 0 Å². The highest BCUT2D eigenvalue weighted by Crippen LogP contribution is 2.25. The molecule has 0 radical (unpaired) electrons. The Kier molecular flexibility index (Phi) is 2.09. The fraction of sp³-hybridized carbons (Fsp3) is 1.00. The van der Waals surface area contributed by atoms with E-state index in [1.165, 1.54) is 0 Å². The van der Waals surface area contributed by atoms with Gasteiger partial charge in [-0.3, -0.25) is 0 Å². The van der Waals surface area contributed by atoms with Crippen LogP contribution in [0.3, 0.4) is 0 Å². The maximum atomic E-state index is 5.75. The Bertz CT molecular complexity index is 94.9. The van der Waals surface area contributed by atoms with E-state index in [0.29, 0.717) is 12.2 Å². The fourth-order valence-corrected chi connectivity index (χ4v) is 1.15. The lowest BCUT2D eigenvalue weighted by Crippen LogP contribution is -2.27. The van der Waals surface area contributed by atoms with E-state index in [1.54, 1.807) is 0 Å². The van der Waals surface area contributed by atoms with Gasteiger partial charge in [0, 0.05) is 6.04 Å². The van der Waals surface area contributed by atoms with Gasteiger partial charge in [0.15, 0.2) is 0 Å². The summed E-state index contributed by atoms with van der Waals surface area (Å²) in [6, 6.07) is 0.282. The minimum absolute atomic E-state index is 0.282. The van der Waals surface area contributed by atoms with Gasteiger partial charge in [-0.1, -0.05) is 13.3 Å². The van der Waals surface area contributed by atoms with Crippen molar-refractivity contribution >= 4 is 0 Å². The van der Waals surface area contributed by atoms with Crippen LogP contribution in [0.25, 0.3) is 0 Å². The lowest BCUT2D eigenvalue weighted by molar-refractivity contribution is 0.346. The fourth-order valence-electron chi connectivity index (χ4n) is 1.15. The van der Waals surface area contributed by atoms with Crippen molar-refractivity contribution in [1.82, 2.24) is 0 Å². The van der Waals surface area contributed by atoms with Crippen LogP contribution in [0.1, 0.15) is 26.7 Å². The Hall–Kier alpha value is -0.0800. The van der Waals surface area contributed by atoms with Crippen molar-refractivity contribution in [2.75, 3.05) is 0 Å². The molecule has 1 saturated heterocycles. The predicted octanol–water partition coefficient (Wildman–Crippen LogP) is 0.901. The molecule has 54 valence electrons. The second-order valence-corrected chi connectivity index (χ2v) is 2.76. The number of epoxide rings is 1. The summed E-state index contributed by atoms with van der Waals surface area (Å²) in [5.41, 5.74) is 5.75. The molecule has 0 aromatic rings. The minimum Gasteiger partial charge on any atom is -0.368 e. The number of hydrogen-bond acceptors (Lipinski definition) is 2. The van der Waals surface area contributed by atoms with Crippen molar-refractivity contribution in [3.8, 4) is 0 Å². The van der Waals surface area contributed by atoms with Gasteiger partial charge in [-0.15, -0.1) is 0 Å². The Labute approximate surface area is 56.4 Å². The van der Waals surface area contributed by atoms with E-state index in [0.717, 1.165) is 12.8 Å². The van der Waals surface area contributed by atoms with Gasteiger partial charge in [0.25, 0.3) is 0 Å². The highest BCUT2D eigenvalue weighted by Gasteiger charge is 2.38. The molecule has 0 aromatic heterocycles. The van der Waals surface area contributed by atoms with Crippen LogP contribution >= 0.6 is 0 Å². The zero-order valence-electron chi connectivity index (χ0n) is 6.13. The first-order chi connectivity index (χ1) is 4.25. The molecule has 2 N–H and O–H groups in total. The number of nitrogens with two attached hydrogens (primary N) is 1. The standard InChI is InChI=1S/C7H15NO/c1-3-4-6(8)7-5(2)9-7/h5-7H,3-4,8H2,1-2H3/t5-,6?,7?/m0/s1. The third-order valence-corrected chi connectivity index (χ3v) is 1.80. The largest absolute Gasteiger partial charge is 0.368 e. The average Bonchev–Trinajstić information content (AvgIpc) is 2.47. The summed E-state index contributed by atoms with van der Waals surface area (Å²) >= 11 is 0. The maximum absolute atomic E-state index is 5.75. The van der Waals surface area contributed by atoms with Crippen molar-refractivity contribution in [1.29, 1.82) is 0 Å². The quantitative estimate of drug-likeness (QED) is 0.575. The van der Waals surface area contributed by atoms with Crippen LogP contribution in [-0.2, 0) is 4.74 Å². The lowest BCUT2D eigenvalue weighted by Gasteiger charge is -2.03. The summed E-state index contributed by atoms with van der Waals surface area (Å²) in [4.78, 5) is 0. The van der Waals surface area contributed by atoms with E-state index in [2.05, 4.69) is 13.8 Å². The van der Waals surface area contributed by atoms with Gasteiger partial charge in [0.2, 0.25) is 0 Å². The summed E-state index contributed by atoms with van der Waals surface area (Å²) in [7, 11) is 0. The molecule has 2 unspecified atom stereocenters. The van der Waals surface area contributed by atoms with Crippen molar-refractivity contribution in [3.05, 3.63) is 0 Å².